The Labute approximate surface area is 165 Å². The van der Waals surface area contributed by atoms with Crippen LogP contribution >= 0.6 is 0 Å². The van der Waals surface area contributed by atoms with Crippen LogP contribution in [0.1, 0.15) is 43.1 Å². The first kappa shape index (κ1) is 21.3. The first-order valence-corrected chi connectivity index (χ1v) is 9.06. The first-order valence-electron chi connectivity index (χ1n) is 9.06. The third-order valence-corrected chi connectivity index (χ3v) is 3.92. The minimum atomic E-state index is -0.586. The van der Waals surface area contributed by atoms with Gasteiger partial charge in [-0.2, -0.15) is 0 Å². The largest absolute Gasteiger partial charge is 0.493 e. The van der Waals surface area contributed by atoms with E-state index in [9.17, 15) is 9.59 Å². The van der Waals surface area contributed by atoms with Crippen LogP contribution in [0.4, 0.5) is 10.5 Å². The van der Waals surface area contributed by atoms with Gasteiger partial charge in [-0.1, -0.05) is 18.2 Å². The number of Topliss-reactive ketones (excluding diaryl/α,β-unsaturated/α-hetero) is 1. The van der Waals surface area contributed by atoms with Gasteiger partial charge in [-0.15, -0.1) is 0 Å². The number of nitrogens with one attached hydrogen (secondary N) is 1. The Morgan fingerprint density at radius 3 is 2.32 bits per heavy atom. The van der Waals surface area contributed by atoms with Crippen LogP contribution in [0.3, 0.4) is 0 Å². The Morgan fingerprint density at radius 2 is 1.68 bits per heavy atom. The fourth-order valence-corrected chi connectivity index (χ4v) is 2.63. The predicted molar refractivity (Wildman–Crippen MR) is 108 cm³/mol. The highest BCUT2D eigenvalue weighted by Gasteiger charge is 2.16. The van der Waals surface area contributed by atoms with E-state index in [1.54, 1.807) is 59.3 Å². The number of hydrogen-bond acceptors (Lipinski definition) is 5. The van der Waals surface area contributed by atoms with Gasteiger partial charge >= 0.3 is 6.09 Å². The van der Waals surface area contributed by atoms with Crippen LogP contribution in [0.5, 0.6) is 11.5 Å². The molecule has 6 nitrogen and oxygen atoms in total. The zero-order chi connectivity index (χ0) is 20.7. The van der Waals surface area contributed by atoms with Gasteiger partial charge in [-0.05, 0) is 57.0 Å². The summed E-state index contributed by atoms with van der Waals surface area (Å²) in [6, 6.07) is 12.4. The molecule has 0 aromatic heterocycles. The SMILES string of the molecule is COc1ccc(CCC(=O)c2cccc(NC(=O)OC(C)(C)C)c2)cc1OC. The van der Waals surface area contributed by atoms with Crippen molar-refractivity contribution in [2.75, 3.05) is 19.5 Å². The van der Waals surface area contributed by atoms with Gasteiger partial charge in [0.2, 0.25) is 0 Å². The summed E-state index contributed by atoms with van der Waals surface area (Å²) in [7, 11) is 3.16. The van der Waals surface area contributed by atoms with Crippen molar-refractivity contribution in [3.05, 3.63) is 53.6 Å². The molecule has 6 heteroatoms. The van der Waals surface area contributed by atoms with Gasteiger partial charge in [-0.3, -0.25) is 10.1 Å². The molecule has 2 aromatic carbocycles. The van der Waals surface area contributed by atoms with Crippen LogP contribution in [0.25, 0.3) is 0 Å². The topological polar surface area (TPSA) is 73.9 Å². The van der Waals surface area contributed by atoms with Crippen molar-refractivity contribution in [2.45, 2.75) is 39.2 Å². The molecule has 0 aliphatic carbocycles. The standard InChI is InChI=1S/C22H27NO5/c1-22(2,3)28-21(25)23-17-8-6-7-16(14-17)18(24)11-9-15-10-12-19(26-4)20(13-15)27-5/h6-8,10,12-14H,9,11H2,1-5H3,(H,23,25). The number of carbonyl (C=O) groups excluding carboxylic acids is 2. The second-order valence-corrected chi connectivity index (χ2v) is 7.32. The van der Waals surface area contributed by atoms with Crippen molar-refractivity contribution in [1.82, 2.24) is 0 Å². The van der Waals surface area contributed by atoms with Crippen LogP contribution in [-0.4, -0.2) is 31.7 Å². The lowest BCUT2D eigenvalue weighted by Gasteiger charge is -2.19. The van der Waals surface area contributed by atoms with Gasteiger partial charge in [0.1, 0.15) is 5.60 Å². The quantitative estimate of drug-likeness (QED) is 0.689. The van der Waals surface area contributed by atoms with E-state index >= 15 is 0 Å². The molecular weight excluding hydrogens is 358 g/mol. The summed E-state index contributed by atoms with van der Waals surface area (Å²) in [5.41, 5.74) is 1.45. The van der Waals surface area contributed by atoms with E-state index in [4.69, 9.17) is 14.2 Å². The molecule has 2 rings (SSSR count). The van der Waals surface area contributed by atoms with Crippen molar-refractivity contribution >= 4 is 17.6 Å². The summed E-state index contributed by atoms with van der Waals surface area (Å²) in [5, 5.41) is 2.65. The summed E-state index contributed by atoms with van der Waals surface area (Å²) in [6.45, 7) is 5.38. The van der Waals surface area contributed by atoms with Gasteiger partial charge in [0.25, 0.3) is 0 Å². The van der Waals surface area contributed by atoms with Gasteiger partial charge in [0.15, 0.2) is 17.3 Å². The number of benzene rings is 2. The minimum absolute atomic E-state index is 0.0115. The van der Waals surface area contributed by atoms with Gasteiger partial charge in [0, 0.05) is 17.7 Å². The average molecular weight is 385 g/mol. The molecule has 0 radical (unpaired) electrons. The molecule has 28 heavy (non-hydrogen) atoms. The highest BCUT2D eigenvalue weighted by molar-refractivity contribution is 5.98. The van der Waals surface area contributed by atoms with Crippen LogP contribution < -0.4 is 14.8 Å². The smallest absolute Gasteiger partial charge is 0.412 e. The number of hydrogen-bond donors (Lipinski definition) is 1. The third kappa shape index (κ3) is 6.30. The number of amides is 1. The monoisotopic (exact) mass is 385 g/mol. The van der Waals surface area contributed by atoms with E-state index < -0.39 is 11.7 Å². The Bertz CT molecular complexity index is 839. The lowest BCUT2D eigenvalue weighted by molar-refractivity contribution is 0.0635. The lowest BCUT2D eigenvalue weighted by atomic mass is 10.0. The Morgan fingerprint density at radius 1 is 0.964 bits per heavy atom. The Balaban J connectivity index is 2.00. The van der Waals surface area contributed by atoms with Crippen LogP contribution in [0, 0.1) is 0 Å². The Hall–Kier alpha value is -3.02. The maximum Gasteiger partial charge on any atom is 0.412 e. The van der Waals surface area contributed by atoms with Gasteiger partial charge < -0.3 is 14.2 Å². The second-order valence-electron chi connectivity index (χ2n) is 7.32. The molecular formula is C22H27NO5. The molecule has 0 saturated carbocycles. The molecule has 150 valence electrons. The van der Waals surface area contributed by atoms with E-state index in [0.717, 1.165) is 5.56 Å². The minimum Gasteiger partial charge on any atom is -0.493 e. The van der Waals surface area contributed by atoms with Crippen LogP contribution in [0.2, 0.25) is 0 Å². The molecule has 1 N–H and O–H groups in total. The molecule has 0 fully saturated rings. The zero-order valence-corrected chi connectivity index (χ0v) is 17.0. The molecule has 2 aromatic rings. The van der Waals surface area contributed by atoms with Crippen molar-refractivity contribution in [3.8, 4) is 11.5 Å². The molecule has 0 bridgehead atoms. The van der Waals surface area contributed by atoms with E-state index in [1.165, 1.54) is 0 Å². The van der Waals surface area contributed by atoms with Crippen LogP contribution in [-0.2, 0) is 11.2 Å². The van der Waals surface area contributed by atoms with Crippen molar-refractivity contribution < 1.29 is 23.8 Å². The predicted octanol–water partition coefficient (Wildman–Crippen LogP) is 4.87. The summed E-state index contributed by atoms with van der Waals surface area (Å²) < 4.78 is 15.7. The third-order valence-electron chi connectivity index (χ3n) is 3.92. The van der Waals surface area contributed by atoms with Gasteiger partial charge in [0.05, 0.1) is 14.2 Å². The molecule has 0 spiro atoms. The lowest BCUT2D eigenvalue weighted by Crippen LogP contribution is -2.27. The zero-order valence-electron chi connectivity index (χ0n) is 17.0. The molecule has 1 amide bonds. The van der Waals surface area contributed by atoms with Crippen molar-refractivity contribution in [2.24, 2.45) is 0 Å². The molecule has 0 aliphatic heterocycles. The fraction of sp³-hybridized carbons (Fsp3) is 0.364. The molecule has 0 atom stereocenters. The number of rotatable bonds is 7. The second kappa shape index (κ2) is 9.26. The normalized spacial score (nSPS) is 10.9. The van der Waals surface area contributed by atoms with Crippen molar-refractivity contribution in [1.29, 1.82) is 0 Å². The number of methoxy groups -OCH3 is 2. The highest BCUT2D eigenvalue weighted by atomic mass is 16.6. The van der Waals surface area contributed by atoms with E-state index in [-0.39, 0.29) is 5.78 Å². The molecule has 0 heterocycles. The molecule has 0 unspecified atom stereocenters. The highest BCUT2D eigenvalue weighted by Crippen LogP contribution is 2.28. The molecule has 0 aliphatic rings. The number of aryl methyl sites for hydroxylation is 1. The fourth-order valence-electron chi connectivity index (χ4n) is 2.63. The number of ketones is 1. The number of ether oxygens (including phenoxy) is 3. The van der Waals surface area contributed by atoms with Gasteiger partial charge in [-0.25, -0.2) is 4.79 Å². The summed E-state index contributed by atoms with van der Waals surface area (Å²) in [4.78, 5) is 24.5. The van der Waals surface area contributed by atoms with Crippen molar-refractivity contribution in [3.63, 3.8) is 0 Å². The first-order chi connectivity index (χ1) is 13.2. The maximum absolute atomic E-state index is 12.6. The number of anilines is 1. The number of carbonyl (C=O) groups is 2. The summed E-state index contributed by atoms with van der Waals surface area (Å²) in [6.07, 6.45) is 0.358. The average Bonchev–Trinajstić information content (AvgIpc) is 2.64. The Kier molecular flexibility index (Phi) is 7.04. The van der Waals surface area contributed by atoms with E-state index in [1.807, 2.05) is 18.2 Å². The van der Waals surface area contributed by atoms with E-state index in [0.29, 0.717) is 35.6 Å². The van der Waals surface area contributed by atoms with E-state index in [2.05, 4.69) is 5.32 Å². The molecule has 0 saturated heterocycles. The maximum atomic E-state index is 12.6. The van der Waals surface area contributed by atoms with Crippen LogP contribution in [0.15, 0.2) is 42.5 Å². The summed E-state index contributed by atoms with van der Waals surface area (Å²) >= 11 is 0. The summed E-state index contributed by atoms with van der Waals surface area (Å²) in [5.74, 6) is 1.28.